The van der Waals surface area contributed by atoms with Crippen molar-refractivity contribution in [3.63, 3.8) is 0 Å². The van der Waals surface area contributed by atoms with E-state index in [1.165, 1.54) is 6.08 Å². The van der Waals surface area contributed by atoms with Gasteiger partial charge < -0.3 is 10.1 Å². The van der Waals surface area contributed by atoms with Crippen molar-refractivity contribution in [2.24, 2.45) is 0 Å². The van der Waals surface area contributed by atoms with Gasteiger partial charge in [0, 0.05) is 17.3 Å². The van der Waals surface area contributed by atoms with Gasteiger partial charge in [-0.3, -0.25) is 4.79 Å². The van der Waals surface area contributed by atoms with Crippen molar-refractivity contribution in [2.45, 2.75) is 6.92 Å². The van der Waals surface area contributed by atoms with Gasteiger partial charge in [-0.05, 0) is 25.1 Å². The van der Waals surface area contributed by atoms with Gasteiger partial charge in [0.2, 0.25) is 0 Å². The van der Waals surface area contributed by atoms with Crippen LogP contribution in [0.2, 0.25) is 0 Å². The summed E-state index contributed by atoms with van der Waals surface area (Å²) in [4.78, 5) is 23.6. The third-order valence-corrected chi connectivity index (χ3v) is 3.20. The molecule has 0 bridgehead atoms. The molecule has 1 N–H and O–H groups in total. The number of aryl methyl sites for hydroxylation is 1. The fourth-order valence-electron chi connectivity index (χ4n) is 2.13. The second-order valence-electron chi connectivity index (χ2n) is 4.80. The molecule has 2 aromatic carbocycles. The van der Waals surface area contributed by atoms with Crippen LogP contribution in [0.4, 0.5) is 5.69 Å². The molecule has 1 heterocycles. The normalized spacial score (nSPS) is 14.7. The Hall–Kier alpha value is -2.88. The van der Waals surface area contributed by atoms with Crippen molar-refractivity contribution >= 4 is 23.3 Å². The van der Waals surface area contributed by atoms with Crippen molar-refractivity contribution in [1.82, 2.24) is 0 Å². The van der Waals surface area contributed by atoms with Gasteiger partial charge in [-0.1, -0.05) is 35.9 Å². The number of nitrogens with one attached hydrogen (secondary N) is 1. The van der Waals surface area contributed by atoms with Gasteiger partial charge in [-0.25, -0.2) is 4.79 Å². The van der Waals surface area contributed by atoms with E-state index in [2.05, 4.69) is 5.32 Å². The molecule has 1 aliphatic rings. The molecule has 0 aromatic heterocycles. The van der Waals surface area contributed by atoms with Crippen LogP contribution < -0.4 is 5.32 Å². The molecule has 0 unspecified atom stereocenters. The van der Waals surface area contributed by atoms with Crippen LogP contribution >= 0.6 is 0 Å². The Bertz CT molecular complexity index is 745. The van der Waals surface area contributed by atoms with Gasteiger partial charge in [-0.15, -0.1) is 0 Å². The number of carbonyl (C=O) groups excluding carboxylic acids is 2. The topological polar surface area (TPSA) is 55.4 Å². The lowest BCUT2D eigenvalue weighted by Gasteiger charge is -2.03. The summed E-state index contributed by atoms with van der Waals surface area (Å²) in [7, 11) is 0. The van der Waals surface area contributed by atoms with Gasteiger partial charge >= 0.3 is 5.97 Å². The van der Waals surface area contributed by atoms with Crippen molar-refractivity contribution in [2.75, 3.05) is 5.32 Å². The molecule has 0 atom stereocenters. The van der Waals surface area contributed by atoms with Gasteiger partial charge in [0.25, 0.3) is 5.91 Å². The highest BCUT2D eigenvalue weighted by molar-refractivity contribution is 6.09. The van der Waals surface area contributed by atoms with E-state index in [1.54, 1.807) is 24.3 Å². The summed E-state index contributed by atoms with van der Waals surface area (Å²) in [6.07, 6.45) is 1.30. The number of esters is 1. The van der Waals surface area contributed by atoms with Crippen LogP contribution in [-0.2, 0) is 9.53 Å². The highest BCUT2D eigenvalue weighted by Gasteiger charge is 2.26. The first-order chi connectivity index (χ1) is 10.1. The fourth-order valence-corrected chi connectivity index (χ4v) is 2.13. The van der Waals surface area contributed by atoms with Gasteiger partial charge in [0.1, 0.15) is 5.76 Å². The third-order valence-electron chi connectivity index (χ3n) is 3.20. The molecule has 21 heavy (non-hydrogen) atoms. The highest BCUT2D eigenvalue weighted by atomic mass is 16.5. The zero-order valence-corrected chi connectivity index (χ0v) is 11.4. The second kappa shape index (κ2) is 5.25. The summed E-state index contributed by atoms with van der Waals surface area (Å²) in [6.45, 7) is 1.97. The molecule has 1 amide bonds. The summed E-state index contributed by atoms with van der Waals surface area (Å²) in [5.74, 6) is -0.487. The van der Waals surface area contributed by atoms with Crippen molar-refractivity contribution in [3.05, 3.63) is 71.3 Å². The molecular formula is C17H13NO3. The monoisotopic (exact) mass is 279 g/mol. The predicted molar refractivity (Wildman–Crippen MR) is 79.6 cm³/mol. The minimum atomic E-state index is -0.431. The maximum Gasteiger partial charge on any atom is 0.344 e. The molecule has 0 spiro atoms. The zero-order valence-electron chi connectivity index (χ0n) is 11.4. The molecule has 104 valence electrons. The van der Waals surface area contributed by atoms with Crippen molar-refractivity contribution in [3.8, 4) is 0 Å². The first-order valence-electron chi connectivity index (χ1n) is 6.54. The molecular weight excluding hydrogens is 266 g/mol. The van der Waals surface area contributed by atoms with Gasteiger partial charge in [0.15, 0.2) is 0 Å². The van der Waals surface area contributed by atoms with Crippen LogP contribution in [0, 0.1) is 6.92 Å². The van der Waals surface area contributed by atoms with Crippen LogP contribution in [-0.4, -0.2) is 11.9 Å². The number of benzene rings is 2. The minimum absolute atomic E-state index is 0.278. The maximum atomic E-state index is 12.0. The second-order valence-corrected chi connectivity index (χ2v) is 4.80. The molecule has 0 saturated heterocycles. The number of cyclic esters (lactones) is 1. The number of anilines is 1. The van der Waals surface area contributed by atoms with E-state index < -0.39 is 5.97 Å². The Morgan fingerprint density at radius 2 is 1.71 bits per heavy atom. The Kier molecular flexibility index (Phi) is 3.28. The van der Waals surface area contributed by atoms with E-state index in [1.807, 2.05) is 31.2 Å². The third kappa shape index (κ3) is 2.69. The largest absolute Gasteiger partial charge is 0.422 e. The minimum Gasteiger partial charge on any atom is -0.422 e. The SMILES string of the molecule is Cc1ccc(NC(=O)C=C2OC(=O)c3ccccc32)cc1. The summed E-state index contributed by atoms with van der Waals surface area (Å²) < 4.78 is 5.12. The van der Waals surface area contributed by atoms with E-state index in [9.17, 15) is 9.59 Å². The smallest absolute Gasteiger partial charge is 0.344 e. The van der Waals surface area contributed by atoms with E-state index in [0.29, 0.717) is 16.8 Å². The standard InChI is InChI=1S/C17H13NO3/c1-11-6-8-12(9-7-11)18-16(19)10-15-13-4-2-3-5-14(13)17(20)21-15/h2-10H,1H3,(H,18,19). The molecule has 2 aromatic rings. The summed E-state index contributed by atoms with van der Waals surface area (Å²) >= 11 is 0. The lowest BCUT2D eigenvalue weighted by Crippen LogP contribution is -2.08. The molecule has 3 rings (SSSR count). The molecule has 0 fully saturated rings. The number of ether oxygens (including phenoxy) is 1. The lowest BCUT2D eigenvalue weighted by molar-refractivity contribution is -0.111. The summed E-state index contributed by atoms with van der Waals surface area (Å²) in [5.41, 5.74) is 2.93. The first-order valence-corrected chi connectivity index (χ1v) is 6.54. The van der Waals surface area contributed by atoms with Crippen LogP contribution in [0.3, 0.4) is 0 Å². The molecule has 0 aliphatic carbocycles. The number of carbonyl (C=O) groups is 2. The molecule has 1 aliphatic heterocycles. The Labute approximate surface area is 122 Å². The van der Waals surface area contributed by atoms with Crippen LogP contribution in [0.25, 0.3) is 5.76 Å². The number of fused-ring (bicyclic) bond motifs is 1. The predicted octanol–water partition coefficient (Wildman–Crippen LogP) is 3.15. The van der Waals surface area contributed by atoms with Crippen LogP contribution in [0.5, 0.6) is 0 Å². The van der Waals surface area contributed by atoms with E-state index in [0.717, 1.165) is 5.56 Å². The lowest BCUT2D eigenvalue weighted by atomic mass is 10.1. The summed E-state index contributed by atoms with van der Waals surface area (Å²) in [6, 6.07) is 14.4. The molecule has 0 saturated carbocycles. The first kappa shape index (κ1) is 13.1. The van der Waals surface area contributed by atoms with Gasteiger partial charge in [0.05, 0.1) is 5.56 Å². The summed E-state index contributed by atoms with van der Waals surface area (Å²) in [5, 5.41) is 2.74. The Morgan fingerprint density at radius 1 is 1.05 bits per heavy atom. The molecule has 0 radical (unpaired) electrons. The molecule has 4 heteroatoms. The Balaban J connectivity index is 1.81. The highest BCUT2D eigenvalue weighted by Crippen LogP contribution is 2.29. The average molecular weight is 279 g/mol. The number of rotatable bonds is 2. The van der Waals surface area contributed by atoms with Crippen molar-refractivity contribution in [1.29, 1.82) is 0 Å². The van der Waals surface area contributed by atoms with E-state index in [-0.39, 0.29) is 11.7 Å². The fraction of sp³-hybridized carbons (Fsp3) is 0.0588. The van der Waals surface area contributed by atoms with Crippen LogP contribution in [0.1, 0.15) is 21.5 Å². The van der Waals surface area contributed by atoms with E-state index in [4.69, 9.17) is 4.74 Å². The van der Waals surface area contributed by atoms with E-state index >= 15 is 0 Å². The number of hydrogen-bond donors (Lipinski definition) is 1. The Morgan fingerprint density at radius 3 is 2.43 bits per heavy atom. The quantitative estimate of drug-likeness (QED) is 0.678. The van der Waals surface area contributed by atoms with Crippen molar-refractivity contribution < 1.29 is 14.3 Å². The maximum absolute atomic E-state index is 12.0. The number of amides is 1. The van der Waals surface area contributed by atoms with Gasteiger partial charge in [-0.2, -0.15) is 0 Å². The molecule has 4 nitrogen and oxygen atoms in total. The average Bonchev–Trinajstić information content (AvgIpc) is 2.78. The van der Waals surface area contributed by atoms with Crippen LogP contribution in [0.15, 0.2) is 54.6 Å². The number of hydrogen-bond acceptors (Lipinski definition) is 3. The zero-order chi connectivity index (χ0) is 14.8.